The van der Waals surface area contributed by atoms with Gasteiger partial charge in [-0.15, -0.1) is 0 Å². The van der Waals surface area contributed by atoms with Crippen LogP contribution in [0.2, 0.25) is 0 Å². The van der Waals surface area contributed by atoms with Gasteiger partial charge in [-0.1, -0.05) is 23.8 Å². The van der Waals surface area contributed by atoms with Gasteiger partial charge in [-0.3, -0.25) is 14.6 Å². The second-order valence-corrected chi connectivity index (χ2v) is 7.72. The molecule has 5 heteroatoms. The van der Waals surface area contributed by atoms with Crippen molar-refractivity contribution in [2.75, 3.05) is 19.7 Å². The standard InChI is InChI=1S/C23H28N4O/c1-17(6-9-21(24-2)20-14-25-26(3)16-20)15-27-11-4-5-22(27)19-8-7-18-10-12-28-23(18)13-19/h6-9,13-14,16,22H,2,4-5,10-12,15H2,1,3H3/b17-6+,21-9-. The summed E-state index contributed by atoms with van der Waals surface area (Å²) >= 11 is 0. The Hall–Kier alpha value is -2.66. The van der Waals surface area contributed by atoms with Crippen molar-refractivity contribution < 1.29 is 4.74 Å². The Balaban J connectivity index is 1.47. The van der Waals surface area contributed by atoms with Crippen molar-refractivity contribution >= 4 is 12.4 Å². The molecular weight excluding hydrogens is 348 g/mol. The lowest BCUT2D eigenvalue weighted by Gasteiger charge is -2.25. The van der Waals surface area contributed by atoms with Crippen LogP contribution < -0.4 is 4.74 Å². The number of rotatable bonds is 6. The molecular formula is C23H28N4O. The molecule has 0 bridgehead atoms. The predicted molar refractivity (Wildman–Crippen MR) is 114 cm³/mol. The van der Waals surface area contributed by atoms with Gasteiger partial charge in [-0.2, -0.15) is 5.10 Å². The maximum atomic E-state index is 5.78. The van der Waals surface area contributed by atoms with Gasteiger partial charge in [0.2, 0.25) is 0 Å². The first-order valence-corrected chi connectivity index (χ1v) is 9.97. The van der Waals surface area contributed by atoms with E-state index in [1.807, 2.05) is 25.5 Å². The molecule has 2 aromatic rings. The third-order valence-corrected chi connectivity index (χ3v) is 5.62. The van der Waals surface area contributed by atoms with Crippen LogP contribution in [0.1, 0.15) is 42.5 Å². The molecule has 0 aliphatic carbocycles. The van der Waals surface area contributed by atoms with Crippen LogP contribution in [0, 0.1) is 0 Å². The van der Waals surface area contributed by atoms with Gasteiger partial charge >= 0.3 is 0 Å². The summed E-state index contributed by atoms with van der Waals surface area (Å²) in [5.41, 5.74) is 5.87. The quantitative estimate of drug-likeness (QED) is 0.561. The minimum Gasteiger partial charge on any atom is -0.493 e. The Labute approximate surface area is 167 Å². The molecule has 0 amide bonds. The molecule has 0 radical (unpaired) electrons. The number of allylic oxidation sites excluding steroid dienone is 2. The largest absolute Gasteiger partial charge is 0.493 e. The fraction of sp³-hybridized carbons (Fsp3) is 0.391. The summed E-state index contributed by atoms with van der Waals surface area (Å²) in [6.07, 6.45) is 11.4. The van der Waals surface area contributed by atoms with E-state index in [4.69, 9.17) is 4.74 Å². The highest BCUT2D eigenvalue weighted by atomic mass is 16.5. The number of aryl methyl sites for hydroxylation is 1. The molecule has 28 heavy (non-hydrogen) atoms. The van der Waals surface area contributed by atoms with Crippen LogP contribution in [0.25, 0.3) is 5.70 Å². The van der Waals surface area contributed by atoms with E-state index in [-0.39, 0.29) is 0 Å². The van der Waals surface area contributed by atoms with Crippen molar-refractivity contribution in [3.63, 3.8) is 0 Å². The number of aromatic nitrogens is 2. The zero-order chi connectivity index (χ0) is 19.5. The topological polar surface area (TPSA) is 42.6 Å². The van der Waals surface area contributed by atoms with Crippen molar-refractivity contribution in [3.05, 3.63) is 65.0 Å². The van der Waals surface area contributed by atoms with Crippen LogP contribution in [0.15, 0.2) is 53.3 Å². The average Bonchev–Trinajstić information content (AvgIpc) is 3.42. The van der Waals surface area contributed by atoms with Gasteiger partial charge in [0.1, 0.15) is 5.75 Å². The van der Waals surface area contributed by atoms with E-state index >= 15 is 0 Å². The number of benzene rings is 1. The minimum absolute atomic E-state index is 0.470. The fourth-order valence-corrected chi connectivity index (χ4v) is 4.17. The summed E-state index contributed by atoms with van der Waals surface area (Å²) in [5.74, 6) is 1.08. The van der Waals surface area contributed by atoms with Gasteiger partial charge in [0, 0.05) is 37.8 Å². The van der Waals surface area contributed by atoms with Crippen molar-refractivity contribution in [1.29, 1.82) is 0 Å². The van der Waals surface area contributed by atoms with Crippen LogP contribution in [0.3, 0.4) is 0 Å². The summed E-state index contributed by atoms with van der Waals surface area (Å²) in [7, 11) is 1.91. The van der Waals surface area contributed by atoms with Gasteiger partial charge in [0.15, 0.2) is 0 Å². The van der Waals surface area contributed by atoms with E-state index in [2.05, 4.69) is 52.9 Å². The highest BCUT2D eigenvalue weighted by Crippen LogP contribution is 2.36. The number of ether oxygens (including phenoxy) is 1. The van der Waals surface area contributed by atoms with Gasteiger partial charge in [-0.25, -0.2) is 0 Å². The smallest absolute Gasteiger partial charge is 0.122 e. The lowest BCUT2D eigenvalue weighted by atomic mass is 10.0. The molecule has 3 heterocycles. The highest BCUT2D eigenvalue weighted by Gasteiger charge is 2.27. The summed E-state index contributed by atoms with van der Waals surface area (Å²) in [6, 6.07) is 7.26. The SMILES string of the molecule is C=N/C(=C\C=C(/C)CN1CCCC1c1ccc2c(c1)OCC2)c1cnn(C)c1. The Bertz CT molecular complexity index is 924. The van der Waals surface area contributed by atoms with Crippen LogP contribution in [-0.2, 0) is 13.5 Å². The molecule has 2 aliphatic heterocycles. The van der Waals surface area contributed by atoms with E-state index < -0.39 is 0 Å². The van der Waals surface area contributed by atoms with Gasteiger partial charge in [0.05, 0.1) is 18.5 Å². The summed E-state index contributed by atoms with van der Waals surface area (Å²) < 4.78 is 7.55. The zero-order valence-corrected chi connectivity index (χ0v) is 16.8. The molecule has 0 saturated carbocycles. The van der Waals surface area contributed by atoms with E-state index in [0.717, 1.165) is 43.1 Å². The van der Waals surface area contributed by atoms with Crippen LogP contribution in [0.4, 0.5) is 0 Å². The molecule has 1 aromatic heterocycles. The molecule has 2 aliphatic rings. The molecule has 146 valence electrons. The van der Waals surface area contributed by atoms with E-state index in [9.17, 15) is 0 Å². The Morgan fingerprint density at radius 3 is 3.07 bits per heavy atom. The summed E-state index contributed by atoms with van der Waals surface area (Å²) in [6.45, 7) is 8.79. The first-order valence-electron chi connectivity index (χ1n) is 9.97. The molecule has 4 rings (SSSR count). The van der Waals surface area contributed by atoms with Gasteiger partial charge < -0.3 is 4.74 Å². The van der Waals surface area contributed by atoms with Gasteiger partial charge in [-0.05, 0) is 56.3 Å². The normalized spacial score (nSPS) is 20.3. The van der Waals surface area contributed by atoms with Crippen molar-refractivity contribution in [2.24, 2.45) is 12.0 Å². The summed E-state index contributed by atoms with van der Waals surface area (Å²) in [5, 5.41) is 4.21. The molecule has 0 spiro atoms. The van der Waals surface area contributed by atoms with Crippen molar-refractivity contribution in [2.45, 2.75) is 32.2 Å². The van der Waals surface area contributed by atoms with Crippen LogP contribution in [0.5, 0.6) is 5.75 Å². The Morgan fingerprint density at radius 1 is 1.39 bits per heavy atom. The predicted octanol–water partition coefficient (Wildman–Crippen LogP) is 4.18. The average molecular weight is 377 g/mol. The highest BCUT2D eigenvalue weighted by molar-refractivity contribution is 5.68. The van der Waals surface area contributed by atoms with Gasteiger partial charge in [0.25, 0.3) is 0 Å². The molecule has 1 aromatic carbocycles. The summed E-state index contributed by atoms with van der Waals surface area (Å²) in [4.78, 5) is 6.73. The first kappa shape index (κ1) is 18.7. The Kier molecular flexibility index (Phi) is 5.44. The van der Waals surface area contributed by atoms with E-state index in [0.29, 0.717) is 6.04 Å². The molecule has 1 atom stereocenters. The number of likely N-dealkylation sites (tertiary alicyclic amines) is 1. The number of hydrogen-bond acceptors (Lipinski definition) is 4. The molecule has 0 N–H and O–H groups in total. The van der Waals surface area contributed by atoms with Crippen LogP contribution in [-0.4, -0.2) is 41.1 Å². The van der Waals surface area contributed by atoms with Crippen molar-refractivity contribution in [3.8, 4) is 5.75 Å². The lowest BCUT2D eigenvalue weighted by molar-refractivity contribution is 0.278. The fourth-order valence-electron chi connectivity index (χ4n) is 4.17. The zero-order valence-electron chi connectivity index (χ0n) is 16.8. The van der Waals surface area contributed by atoms with Crippen molar-refractivity contribution in [1.82, 2.24) is 14.7 Å². The first-order chi connectivity index (χ1) is 13.6. The second kappa shape index (κ2) is 8.15. The lowest BCUT2D eigenvalue weighted by Crippen LogP contribution is -2.25. The molecule has 1 unspecified atom stereocenters. The number of aliphatic imine (C=N–C) groups is 1. The third-order valence-electron chi connectivity index (χ3n) is 5.62. The van der Waals surface area contributed by atoms with E-state index in [1.54, 1.807) is 4.68 Å². The number of fused-ring (bicyclic) bond motifs is 1. The number of hydrogen-bond donors (Lipinski definition) is 0. The molecule has 1 fully saturated rings. The maximum Gasteiger partial charge on any atom is 0.122 e. The molecule has 1 saturated heterocycles. The van der Waals surface area contributed by atoms with E-state index in [1.165, 1.54) is 29.5 Å². The minimum atomic E-state index is 0.470. The van der Waals surface area contributed by atoms with Crippen LogP contribution >= 0.6 is 0 Å². The molecule has 5 nitrogen and oxygen atoms in total. The number of nitrogens with zero attached hydrogens (tertiary/aromatic N) is 4. The maximum absolute atomic E-state index is 5.78. The second-order valence-electron chi connectivity index (χ2n) is 7.72. The Morgan fingerprint density at radius 2 is 2.29 bits per heavy atom. The third kappa shape index (κ3) is 3.94. The monoisotopic (exact) mass is 376 g/mol.